The number of nitriles is 1. The number of benzene rings is 1. The van der Waals surface area contributed by atoms with Crippen LogP contribution in [0.1, 0.15) is 25.7 Å². The summed E-state index contributed by atoms with van der Waals surface area (Å²) in [5.74, 6) is 0.00118. The molecule has 2 nitrogen and oxygen atoms in total. The largest absolute Gasteiger partial charge is 0.382 e. The van der Waals surface area contributed by atoms with Gasteiger partial charge in [0.25, 0.3) is 0 Å². The highest BCUT2D eigenvalue weighted by Crippen LogP contribution is 2.26. The summed E-state index contributed by atoms with van der Waals surface area (Å²) in [6, 6.07) is 9.22. The zero-order valence-corrected chi connectivity index (χ0v) is 9.12. The molecule has 1 aromatic carbocycles. The summed E-state index contributed by atoms with van der Waals surface area (Å²) in [6.07, 6.45) is 3.89. The van der Waals surface area contributed by atoms with Crippen molar-refractivity contribution in [2.45, 2.75) is 31.7 Å². The first-order valence-electron chi connectivity index (χ1n) is 5.69. The molecule has 0 amide bonds. The Bertz CT molecular complexity index is 389. The third-order valence-electron chi connectivity index (χ3n) is 3.11. The lowest BCUT2D eigenvalue weighted by molar-refractivity contribution is 0.397. The fourth-order valence-electron chi connectivity index (χ4n) is 2.18. The molecule has 1 aliphatic carbocycles. The first-order valence-corrected chi connectivity index (χ1v) is 5.69. The molecule has 0 heterocycles. The van der Waals surface area contributed by atoms with Crippen molar-refractivity contribution in [3.8, 4) is 6.07 Å². The van der Waals surface area contributed by atoms with E-state index in [9.17, 15) is 4.39 Å². The standard InChI is InChI=1S/C13H15FN2/c14-11-2-1-3-13(8-11)16-12-6-4-10(9-15)5-7-12/h1-3,8,10,12,16H,4-7H2. The molecule has 0 bridgehead atoms. The molecule has 1 aromatic rings. The van der Waals surface area contributed by atoms with E-state index in [1.807, 2.05) is 6.07 Å². The van der Waals surface area contributed by atoms with Crippen LogP contribution in [0.3, 0.4) is 0 Å². The van der Waals surface area contributed by atoms with Gasteiger partial charge in [0.2, 0.25) is 0 Å². The van der Waals surface area contributed by atoms with Crippen LogP contribution in [0, 0.1) is 23.1 Å². The lowest BCUT2D eigenvalue weighted by atomic mass is 9.87. The minimum absolute atomic E-state index is 0.212. The molecule has 0 spiro atoms. The van der Waals surface area contributed by atoms with E-state index in [2.05, 4.69) is 11.4 Å². The van der Waals surface area contributed by atoms with E-state index in [-0.39, 0.29) is 11.7 Å². The Morgan fingerprint density at radius 2 is 2.00 bits per heavy atom. The van der Waals surface area contributed by atoms with Gasteiger partial charge in [-0.05, 0) is 43.9 Å². The zero-order chi connectivity index (χ0) is 11.4. The predicted octanol–water partition coefficient (Wildman–Crippen LogP) is 3.32. The quantitative estimate of drug-likeness (QED) is 0.826. The van der Waals surface area contributed by atoms with E-state index < -0.39 is 0 Å². The van der Waals surface area contributed by atoms with Gasteiger partial charge in [0, 0.05) is 17.6 Å². The first-order chi connectivity index (χ1) is 7.78. The summed E-state index contributed by atoms with van der Waals surface area (Å²) >= 11 is 0. The fourth-order valence-corrected chi connectivity index (χ4v) is 2.18. The number of hydrogen-bond donors (Lipinski definition) is 1. The maximum atomic E-state index is 13.0. The zero-order valence-electron chi connectivity index (χ0n) is 9.12. The lowest BCUT2D eigenvalue weighted by Gasteiger charge is -2.26. The van der Waals surface area contributed by atoms with Crippen LogP contribution in [0.5, 0.6) is 0 Å². The van der Waals surface area contributed by atoms with Crippen molar-refractivity contribution in [2.75, 3.05) is 5.32 Å². The highest BCUT2D eigenvalue weighted by atomic mass is 19.1. The molecule has 3 heteroatoms. The van der Waals surface area contributed by atoms with Gasteiger partial charge in [0.15, 0.2) is 0 Å². The Morgan fingerprint density at radius 1 is 1.25 bits per heavy atom. The van der Waals surface area contributed by atoms with Crippen molar-refractivity contribution in [1.82, 2.24) is 0 Å². The van der Waals surface area contributed by atoms with Gasteiger partial charge in [-0.3, -0.25) is 0 Å². The van der Waals surface area contributed by atoms with Crippen LogP contribution in [-0.4, -0.2) is 6.04 Å². The van der Waals surface area contributed by atoms with Crippen LogP contribution in [0.4, 0.5) is 10.1 Å². The van der Waals surface area contributed by atoms with E-state index in [1.165, 1.54) is 12.1 Å². The average Bonchev–Trinajstić information content (AvgIpc) is 2.30. The number of anilines is 1. The third-order valence-corrected chi connectivity index (χ3v) is 3.11. The Hall–Kier alpha value is -1.56. The van der Waals surface area contributed by atoms with Gasteiger partial charge >= 0.3 is 0 Å². The summed E-state index contributed by atoms with van der Waals surface area (Å²) in [5, 5.41) is 12.1. The molecule has 16 heavy (non-hydrogen) atoms. The van der Waals surface area contributed by atoms with Crippen LogP contribution in [0.25, 0.3) is 0 Å². The molecule has 84 valence electrons. The minimum Gasteiger partial charge on any atom is -0.382 e. The van der Waals surface area contributed by atoms with Crippen LogP contribution >= 0.6 is 0 Å². The number of nitrogens with zero attached hydrogens (tertiary/aromatic N) is 1. The van der Waals surface area contributed by atoms with Crippen molar-refractivity contribution in [2.24, 2.45) is 5.92 Å². The minimum atomic E-state index is -0.212. The van der Waals surface area contributed by atoms with Crippen LogP contribution < -0.4 is 5.32 Å². The highest BCUT2D eigenvalue weighted by Gasteiger charge is 2.20. The average molecular weight is 218 g/mol. The lowest BCUT2D eigenvalue weighted by Crippen LogP contribution is -2.25. The topological polar surface area (TPSA) is 35.8 Å². The van der Waals surface area contributed by atoms with Crippen molar-refractivity contribution < 1.29 is 4.39 Å². The van der Waals surface area contributed by atoms with Crippen molar-refractivity contribution >= 4 is 5.69 Å². The summed E-state index contributed by atoms with van der Waals surface area (Å²) in [5.41, 5.74) is 0.834. The van der Waals surface area contributed by atoms with Crippen molar-refractivity contribution in [3.63, 3.8) is 0 Å². The van der Waals surface area contributed by atoms with E-state index in [4.69, 9.17) is 5.26 Å². The van der Waals surface area contributed by atoms with E-state index in [0.29, 0.717) is 6.04 Å². The summed E-state index contributed by atoms with van der Waals surface area (Å²) < 4.78 is 13.0. The van der Waals surface area contributed by atoms with Crippen LogP contribution in [0.15, 0.2) is 24.3 Å². The molecular weight excluding hydrogens is 203 g/mol. The number of hydrogen-bond acceptors (Lipinski definition) is 2. The SMILES string of the molecule is N#CC1CCC(Nc2cccc(F)c2)CC1. The molecule has 0 saturated heterocycles. The van der Waals surface area contributed by atoms with Crippen LogP contribution in [-0.2, 0) is 0 Å². The molecule has 0 aromatic heterocycles. The van der Waals surface area contributed by atoms with Gasteiger partial charge in [-0.1, -0.05) is 6.07 Å². The highest BCUT2D eigenvalue weighted by molar-refractivity contribution is 5.44. The van der Waals surface area contributed by atoms with E-state index >= 15 is 0 Å². The monoisotopic (exact) mass is 218 g/mol. The van der Waals surface area contributed by atoms with Gasteiger partial charge in [0.1, 0.15) is 5.82 Å². The second-order valence-electron chi connectivity index (χ2n) is 4.33. The Balaban J connectivity index is 1.90. The number of nitrogens with one attached hydrogen (secondary N) is 1. The summed E-state index contributed by atoms with van der Waals surface area (Å²) in [4.78, 5) is 0. The Morgan fingerprint density at radius 3 is 2.62 bits per heavy atom. The number of rotatable bonds is 2. The molecule has 0 radical (unpaired) electrons. The second kappa shape index (κ2) is 4.98. The molecular formula is C13H15FN2. The Kier molecular flexibility index (Phi) is 3.40. The maximum absolute atomic E-state index is 13.0. The summed E-state index contributed by atoms with van der Waals surface area (Å²) in [6.45, 7) is 0. The normalized spacial score (nSPS) is 24.8. The summed E-state index contributed by atoms with van der Waals surface area (Å²) in [7, 11) is 0. The molecule has 0 unspecified atom stereocenters. The predicted molar refractivity (Wildman–Crippen MR) is 61.4 cm³/mol. The molecule has 1 saturated carbocycles. The van der Waals surface area contributed by atoms with Crippen molar-refractivity contribution in [1.29, 1.82) is 5.26 Å². The maximum Gasteiger partial charge on any atom is 0.125 e. The smallest absolute Gasteiger partial charge is 0.125 e. The first kappa shape index (κ1) is 10.9. The second-order valence-corrected chi connectivity index (χ2v) is 4.33. The van der Waals surface area contributed by atoms with Crippen molar-refractivity contribution in [3.05, 3.63) is 30.1 Å². The van der Waals surface area contributed by atoms with Gasteiger partial charge in [0.05, 0.1) is 6.07 Å². The van der Waals surface area contributed by atoms with Gasteiger partial charge in [-0.25, -0.2) is 4.39 Å². The molecule has 0 aliphatic heterocycles. The van der Waals surface area contributed by atoms with Crippen LogP contribution in [0.2, 0.25) is 0 Å². The molecule has 2 rings (SSSR count). The van der Waals surface area contributed by atoms with Gasteiger partial charge in [-0.15, -0.1) is 0 Å². The van der Waals surface area contributed by atoms with Gasteiger partial charge in [-0.2, -0.15) is 5.26 Å². The van der Waals surface area contributed by atoms with E-state index in [1.54, 1.807) is 6.07 Å². The number of halogens is 1. The molecule has 1 fully saturated rings. The fraction of sp³-hybridized carbons (Fsp3) is 0.462. The Labute approximate surface area is 95.1 Å². The molecule has 0 atom stereocenters. The molecule has 1 N–H and O–H groups in total. The molecule has 1 aliphatic rings. The third kappa shape index (κ3) is 2.73. The van der Waals surface area contributed by atoms with E-state index in [0.717, 1.165) is 31.4 Å². The van der Waals surface area contributed by atoms with Gasteiger partial charge < -0.3 is 5.32 Å².